The Bertz CT molecular complexity index is 603. The summed E-state index contributed by atoms with van der Waals surface area (Å²) in [5.74, 6) is 1.94. The number of carbonyl (C=O) groups excluding carboxylic acids is 2. The van der Waals surface area contributed by atoms with Gasteiger partial charge in [0.15, 0.2) is 0 Å². The first-order valence-corrected chi connectivity index (χ1v) is 11.4. The van der Waals surface area contributed by atoms with Crippen LogP contribution in [0.2, 0.25) is 0 Å². The van der Waals surface area contributed by atoms with Crippen LogP contribution in [-0.4, -0.2) is 66.8 Å². The van der Waals surface area contributed by atoms with Crippen LogP contribution < -0.4 is 16.0 Å². The van der Waals surface area contributed by atoms with E-state index in [1.165, 1.54) is 6.42 Å². The van der Waals surface area contributed by atoms with Gasteiger partial charge in [-0.1, -0.05) is 13.8 Å². The van der Waals surface area contributed by atoms with Crippen molar-refractivity contribution in [2.45, 2.75) is 77.5 Å². The van der Waals surface area contributed by atoms with E-state index in [4.69, 9.17) is 4.74 Å². The molecule has 3 aliphatic heterocycles. The predicted octanol–water partition coefficient (Wildman–Crippen LogP) is 2.12. The van der Waals surface area contributed by atoms with Gasteiger partial charge in [0.2, 0.25) is 5.91 Å². The third kappa shape index (κ3) is 5.05. The van der Waals surface area contributed by atoms with Gasteiger partial charge in [-0.25, -0.2) is 4.79 Å². The van der Waals surface area contributed by atoms with Crippen LogP contribution in [0.25, 0.3) is 0 Å². The minimum absolute atomic E-state index is 0.178. The summed E-state index contributed by atoms with van der Waals surface area (Å²) in [5, 5.41) is 9.63. The molecule has 4 aliphatic rings. The van der Waals surface area contributed by atoms with E-state index >= 15 is 0 Å². The van der Waals surface area contributed by atoms with Gasteiger partial charge in [-0.2, -0.15) is 0 Å². The summed E-state index contributed by atoms with van der Waals surface area (Å²) in [4.78, 5) is 27.5. The van der Waals surface area contributed by atoms with E-state index in [0.29, 0.717) is 31.0 Å². The first kappa shape index (κ1) is 22.3. The highest BCUT2D eigenvalue weighted by Gasteiger charge is 2.64. The molecule has 4 unspecified atom stereocenters. The molecule has 4 fully saturated rings. The molecule has 4 atom stereocenters. The van der Waals surface area contributed by atoms with Crippen molar-refractivity contribution in [3.63, 3.8) is 0 Å². The Kier molecular flexibility index (Phi) is 6.78. The van der Waals surface area contributed by atoms with E-state index in [1.807, 2.05) is 20.8 Å². The molecule has 29 heavy (non-hydrogen) atoms. The molecular formula is C22H40N4O3. The van der Waals surface area contributed by atoms with E-state index in [9.17, 15) is 9.59 Å². The van der Waals surface area contributed by atoms with Gasteiger partial charge < -0.3 is 20.7 Å². The average molecular weight is 409 g/mol. The second-order valence-corrected chi connectivity index (χ2v) is 10.5. The van der Waals surface area contributed by atoms with Crippen LogP contribution in [0.4, 0.5) is 4.79 Å². The number of amides is 2. The van der Waals surface area contributed by atoms with Crippen LogP contribution in [0.1, 0.15) is 60.3 Å². The van der Waals surface area contributed by atoms with Gasteiger partial charge in [-0.3, -0.25) is 9.69 Å². The molecule has 4 bridgehead atoms. The second kappa shape index (κ2) is 8.80. The highest BCUT2D eigenvalue weighted by atomic mass is 16.6. The number of nitrogens with one attached hydrogen (secondary N) is 3. The van der Waals surface area contributed by atoms with Crippen molar-refractivity contribution >= 4 is 12.0 Å². The number of alkyl carbamates (subject to hydrolysis) is 1. The van der Waals surface area contributed by atoms with Crippen molar-refractivity contribution in [2.75, 3.05) is 32.7 Å². The largest absolute Gasteiger partial charge is 0.444 e. The molecule has 7 nitrogen and oxygen atoms in total. The van der Waals surface area contributed by atoms with Gasteiger partial charge in [0.05, 0.1) is 0 Å². The predicted molar refractivity (Wildman–Crippen MR) is 114 cm³/mol. The van der Waals surface area contributed by atoms with E-state index in [1.54, 1.807) is 0 Å². The van der Waals surface area contributed by atoms with Crippen LogP contribution in [-0.2, 0) is 9.53 Å². The number of carbonyl (C=O) groups is 2. The standard InChI is InChI=1S/C22H40N4O3/c1-15(2)13-26-14-17-10-16-11-18(26)22(17,25-12-16)19(27)23-8-6-7-9-24-20(28)29-21(3,4)5/h15-18,25H,6-14H2,1-5H3,(H,23,27)(H,24,28). The number of likely N-dealkylation sites (tertiary alicyclic amines) is 1. The highest BCUT2D eigenvalue weighted by molar-refractivity contribution is 5.89. The summed E-state index contributed by atoms with van der Waals surface area (Å²) >= 11 is 0. The minimum atomic E-state index is -0.480. The Morgan fingerprint density at radius 3 is 2.52 bits per heavy atom. The molecule has 3 N–H and O–H groups in total. The maximum absolute atomic E-state index is 13.3. The molecule has 2 amide bonds. The molecule has 1 aliphatic carbocycles. The summed E-state index contributed by atoms with van der Waals surface area (Å²) in [5.41, 5.74) is -0.884. The number of hydrogen-bond donors (Lipinski definition) is 3. The van der Waals surface area contributed by atoms with Crippen molar-refractivity contribution in [3.8, 4) is 0 Å². The number of piperidine rings is 2. The normalized spacial score (nSPS) is 31.2. The smallest absolute Gasteiger partial charge is 0.407 e. The molecule has 0 aromatic rings. The number of unbranched alkanes of at least 4 members (excludes halogenated alkanes) is 1. The lowest BCUT2D eigenvalue weighted by atomic mass is 9.64. The number of ether oxygens (including phenoxy) is 1. The molecule has 0 aromatic heterocycles. The summed E-state index contributed by atoms with van der Waals surface area (Å²) < 4.78 is 5.23. The number of fused-ring (bicyclic) bond motifs is 1. The SMILES string of the molecule is CC(C)CN1CC2CC3CNC2(C(=O)NCCCCNC(=O)OC(C)(C)C)C1C3. The van der Waals surface area contributed by atoms with Crippen LogP contribution in [0.5, 0.6) is 0 Å². The molecule has 0 radical (unpaired) electrons. The van der Waals surface area contributed by atoms with Gasteiger partial charge >= 0.3 is 6.09 Å². The fraction of sp³-hybridized carbons (Fsp3) is 0.909. The first-order valence-electron chi connectivity index (χ1n) is 11.4. The Hall–Kier alpha value is -1.34. The molecule has 0 spiro atoms. The van der Waals surface area contributed by atoms with Crippen LogP contribution >= 0.6 is 0 Å². The first-order chi connectivity index (χ1) is 13.6. The van der Waals surface area contributed by atoms with E-state index in [-0.39, 0.29) is 12.0 Å². The van der Waals surface area contributed by atoms with Gasteiger partial charge in [0.1, 0.15) is 11.1 Å². The fourth-order valence-corrected chi connectivity index (χ4v) is 5.46. The van der Waals surface area contributed by atoms with Crippen molar-refractivity contribution < 1.29 is 14.3 Å². The zero-order valence-corrected chi connectivity index (χ0v) is 18.8. The lowest BCUT2D eigenvalue weighted by molar-refractivity contribution is -0.135. The maximum atomic E-state index is 13.3. The maximum Gasteiger partial charge on any atom is 0.407 e. The van der Waals surface area contributed by atoms with Crippen molar-refractivity contribution in [2.24, 2.45) is 17.8 Å². The monoisotopic (exact) mass is 408 g/mol. The molecule has 3 heterocycles. The van der Waals surface area contributed by atoms with E-state index < -0.39 is 11.1 Å². The average Bonchev–Trinajstić information content (AvgIpc) is 2.81. The number of rotatable bonds is 8. The van der Waals surface area contributed by atoms with Crippen molar-refractivity contribution in [1.29, 1.82) is 0 Å². The third-order valence-electron chi connectivity index (χ3n) is 6.46. The summed E-state index contributed by atoms with van der Waals surface area (Å²) in [6.07, 6.45) is 3.58. The molecule has 1 saturated carbocycles. The Morgan fingerprint density at radius 1 is 1.17 bits per heavy atom. The summed E-state index contributed by atoms with van der Waals surface area (Å²) in [7, 11) is 0. The lowest BCUT2D eigenvalue weighted by Crippen LogP contribution is -2.73. The lowest BCUT2D eigenvalue weighted by Gasteiger charge is -2.51. The van der Waals surface area contributed by atoms with Crippen LogP contribution in [0.15, 0.2) is 0 Å². The highest BCUT2D eigenvalue weighted by Crippen LogP contribution is 2.49. The Balaban J connectivity index is 1.44. The molecule has 4 rings (SSSR count). The third-order valence-corrected chi connectivity index (χ3v) is 6.46. The number of hydrogen-bond acceptors (Lipinski definition) is 5. The van der Waals surface area contributed by atoms with Crippen LogP contribution in [0, 0.1) is 17.8 Å². The molecule has 166 valence electrons. The Labute approximate surface area is 175 Å². The quantitative estimate of drug-likeness (QED) is 0.536. The number of nitrogens with zero attached hydrogens (tertiary/aromatic N) is 1. The van der Waals surface area contributed by atoms with Gasteiger partial charge in [0.25, 0.3) is 0 Å². The molecule has 7 heteroatoms. The molecular weight excluding hydrogens is 368 g/mol. The summed E-state index contributed by atoms with van der Waals surface area (Å²) in [6.45, 7) is 14.3. The van der Waals surface area contributed by atoms with Gasteiger partial charge in [-0.15, -0.1) is 0 Å². The van der Waals surface area contributed by atoms with Gasteiger partial charge in [0, 0.05) is 38.1 Å². The zero-order valence-electron chi connectivity index (χ0n) is 18.8. The van der Waals surface area contributed by atoms with E-state index in [2.05, 4.69) is 34.7 Å². The van der Waals surface area contributed by atoms with Crippen LogP contribution in [0.3, 0.4) is 0 Å². The molecule has 3 saturated heterocycles. The van der Waals surface area contributed by atoms with E-state index in [0.717, 1.165) is 44.8 Å². The minimum Gasteiger partial charge on any atom is -0.444 e. The van der Waals surface area contributed by atoms with Gasteiger partial charge in [-0.05, 0) is 64.8 Å². The van der Waals surface area contributed by atoms with Crippen molar-refractivity contribution in [1.82, 2.24) is 20.9 Å². The topological polar surface area (TPSA) is 82.7 Å². The van der Waals surface area contributed by atoms with Crippen molar-refractivity contribution in [3.05, 3.63) is 0 Å². The summed E-state index contributed by atoms with van der Waals surface area (Å²) in [6, 6.07) is 0.330. The fourth-order valence-electron chi connectivity index (χ4n) is 5.46. The molecule has 0 aromatic carbocycles. The Morgan fingerprint density at radius 2 is 1.86 bits per heavy atom. The second-order valence-electron chi connectivity index (χ2n) is 10.5. The zero-order chi connectivity index (χ0) is 21.2.